The molecule has 0 saturated heterocycles. The van der Waals surface area contributed by atoms with Gasteiger partial charge in [0.2, 0.25) is 10.0 Å². The molecule has 0 radical (unpaired) electrons. The Kier molecular flexibility index (Phi) is 4.74. The topological polar surface area (TPSA) is 84.0 Å². The first-order valence-corrected chi connectivity index (χ1v) is 8.66. The summed E-state index contributed by atoms with van der Waals surface area (Å²) in [5, 5.41) is 4.22. The Morgan fingerprint density at radius 2 is 1.81 bits per heavy atom. The first kappa shape index (κ1) is 15.7. The molecule has 0 aliphatic carbocycles. The number of rotatable bonds is 6. The molecule has 0 unspecified atom stereocenters. The highest BCUT2D eigenvalue weighted by molar-refractivity contribution is 7.88. The third-order valence-electron chi connectivity index (χ3n) is 3.26. The number of hydrogen-bond donors (Lipinski definition) is 2. The minimum Gasteiger partial charge on any atom is -0.369 e. The molecule has 2 aromatic rings. The lowest BCUT2D eigenvalue weighted by atomic mass is 10.1. The maximum absolute atomic E-state index is 11.0. The summed E-state index contributed by atoms with van der Waals surface area (Å²) in [6.45, 7) is 5.16. The third-order valence-corrected chi connectivity index (χ3v) is 3.99. The quantitative estimate of drug-likeness (QED) is 0.792. The van der Waals surface area contributed by atoms with E-state index in [9.17, 15) is 8.42 Å². The zero-order chi connectivity index (χ0) is 15.5. The average Bonchev–Trinajstić information content (AvgIpc) is 2.39. The molecule has 0 amide bonds. The molecule has 7 heteroatoms. The Bertz CT molecular complexity index is 744. The molecular formula is C14H20N4O2S. The van der Waals surface area contributed by atoms with Gasteiger partial charge < -0.3 is 5.32 Å². The number of aryl methyl sites for hydroxylation is 2. The van der Waals surface area contributed by atoms with Gasteiger partial charge in [0.1, 0.15) is 12.1 Å². The molecule has 6 nitrogen and oxygen atoms in total. The predicted octanol–water partition coefficient (Wildman–Crippen LogP) is 1.60. The minimum atomic E-state index is -3.12. The van der Waals surface area contributed by atoms with Crippen LogP contribution in [0, 0.1) is 13.8 Å². The van der Waals surface area contributed by atoms with E-state index in [0.29, 0.717) is 19.5 Å². The average molecular weight is 308 g/mol. The lowest BCUT2D eigenvalue weighted by Crippen LogP contribution is -2.24. The van der Waals surface area contributed by atoms with Gasteiger partial charge in [-0.15, -0.1) is 0 Å². The van der Waals surface area contributed by atoms with E-state index in [1.54, 1.807) is 0 Å². The molecule has 2 rings (SSSR count). The molecule has 0 atom stereocenters. The maximum atomic E-state index is 11.0. The minimum absolute atomic E-state index is 0.410. The van der Waals surface area contributed by atoms with Crippen molar-refractivity contribution >= 4 is 26.7 Å². The Morgan fingerprint density at radius 3 is 2.52 bits per heavy atom. The van der Waals surface area contributed by atoms with Gasteiger partial charge in [0, 0.05) is 18.5 Å². The summed E-state index contributed by atoms with van der Waals surface area (Å²) in [6, 6.07) is 4.12. The molecule has 0 aliphatic rings. The second-order valence-electron chi connectivity index (χ2n) is 5.12. The standard InChI is InChI=1S/C14H20N4O2S/c1-10-7-12-13(8-11(10)2)16-9-17-14(12)15-5-4-6-18-21(3,19)20/h7-9,18H,4-6H2,1-3H3,(H,15,16,17). The van der Waals surface area contributed by atoms with Crippen molar-refractivity contribution in [1.29, 1.82) is 0 Å². The zero-order valence-corrected chi connectivity index (χ0v) is 13.3. The third kappa shape index (κ3) is 4.37. The molecule has 1 aromatic carbocycles. The summed E-state index contributed by atoms with van der Waals surface area (Å²) in [7, 11) is -3.12. The van der Waals surface area contributed by atoms with Crippen LogP contribution in [-0.4, -0.2) is 37.7 Å². The van der Waals surface area contributed by atoms with Crippen LogP contribution in [0.1, 0.15) is 17.5 Å². The van der Waals surface area contributed by atoms with E-state index in [0.717, 1.165) is 23.0 Å². The highest BCUT2D eigenvalue weighted by Crippen LogP contribution is 2.22. The van der Waals surface area contributed by atoms with Gasteiger partial charge in [-0.05, 0) is 43.5 Å². The van der Waals surface area contributed by atoms with E-state index >= 15 is 0 Å². The highest BCUT2D eigenvalue weighted by Gasteiger charge is 2.05. The molecule has 0 spiro atoms. The Labute approximate surface area is 125 Å². The number of benzene rings is 1. The lowest BCUT2D eigenvalue weighted by molar-refractivity contribution is 0.586. The second-order valence-corrected chi connectivity index (χ2v) is 6.96. The van der Waals surface area contributed by atoms with Crippen LogP contribution < -0.4 is 10.0 Å². The summed E-state index contributed by atoms with van der Waals surface area (Å²) in [5.41, 5.74) is 3.30. The van der Waals surface area contributed by atoms with E-state index < -0.39 is 10.0 Å². The molecule has 1 heterocycles. The first-order valence-electron chi connectivity index (χ1n) is 6.77. The predicted molar refractivity (Wildman–Crippen MR) is 85.0 cm³/mol. The van der Waals surface area contributed by atoms with Crippen LogP contribution >= 0.6 is 0 Å². The van der Waals surface area contributed by atoms with Crippen molar-refractivity contribution in [3.63, 3.8) is 0 Å². The monoisotopic (exact) mass is 308 g/mol. The number of aromatic nitrogens is 2. The maximum Gasteiger partial charge on any atom is 0.208 e. The van der Waals surface area contributed by atoms with Crippen molar-refractivity contribution in [2.45, 2.75) is 20.3 Å². The number of nitrogens with zero attached hydrogens (tertiary/aromatic N) is 2. The molecule has 1 aromatic heterocycles. The van der Waals surface area contributed by atoms with Crippen LogP contribution in [0.25, 0.3) is 10.9 Å². The van der Waals surface area contributed by atoms with Crippen LogP contribution in [0.4, 0.5) is 5.82 Å². The largest absolute Gasteiger partial charge is 0.369 e. The van der Waals surface area contributed by atoms with E-state index in [2.05, 4.69) is 39.9 Å². The number of sulfonamides is 1. The fourth-order valence-electron chi connectivity index (χ4n) is 2.01. The molecule has 0 bridgehead atoms. The van der Waals surface area contributed by atoms with Crippen LogP contribution in [0.2, 0.25) is 0 Å². The van der Waals surface area contributed by atoms with Crippen LogP contribution in [-0.2, 0) is 10.0 Å². The Balaban J connectivity index is 2.04. The molecule has 0 saturated carbocycles. The van der Waals surface area contributed by atoms with Gasteiger partial charge in [-0.3, -0.25) is 0 Å². The van der Waals surface area contributed by atoms with Gasteiger partial charge >= 0.3 is 0 Å². The fourth-order valence-corrected chi connectivity index (χ4v) is 2.52. The fraction of sp³-hybridized carbons (Fsp3) is 0.429. The number of anilines is 1. The lowest BCUT2D eigenvalue weighted by Gasteiger charge is -2.10. The van der Waals surface area contributed by atoms with E-state index in [1.807, 2.05) is 6.07 Å². The van der Waals surface area contributed by atoms with E-state index in [-0.39, 0.29) is 0 Å². The Hall–Kier alpha value is -1.73. The summed E-state index contributed by atoms with van der Waals surface area (Å²) in [5.74, 6) is 0.780. The molecule has 21 heavy (non-hydrogen) atoms. The van der Waals surface area contributed by atoms with E-state index in [1.165, 1.54) is 17.5 Å². The van der Waals surface area contributed by atoms with Gasteiger partial charge in [0.05, 0.1) is 11.8 Å². The van der Waals surface area contributed by atoms with Crippen LogP contribution in [0.3, 0.4) is 0 Å². The number of hydrogen-bond acceptors (Lipinski definition) is 5. The molecule has 0 fully saturated rings. The smallest absolute Gasteiger partial charge is 0.208 e. The highest BCUT2D eigenvalue weighted by atomic mass is 32.2. The number of fused-ring (bicyclic) bond motifs is 1. The molecule has 2 N–H and O–H groups in total. The van der Waals surface area contributed by atoms with Crippen molar-refractivity contribution in [3.8, 4) is 0 Å². The van der Waals surface area contributed by atoms with Crippen molar-refractivity contribution in [1.82, 2.24) is 14.7 Å². The van der Waals surface area contributed by atoms with Gasteiger partial charge in [-0.2, -0.15) is 0 Å². The van der Waals surface area contributed by atoms with Crippen LogP contribution in [0.5, 0.6) is 0 Å². The van der Waals surface area contributed by atoms with Crippen molar-refractivity contribution in [2.75, 3.05) is 24.7 Å². The van der Waals surface area contributed by atoms with Crippen molar-refractivity contribution < 1.29 is 8.42 Å². The first-order chi connectivity index (χ1) is 9.87. The van der Waals surface area contributed by atoms with Crippen molar-refractivity contribution in [2.24, 2.45) is 0 Å². The van der Waals surface area contributed by atoms with Gasteiger partial charge in [-0.25, -0.2) is 23.1 Å². The summed E-state index contributed by atoms with van der Waals surface area (Å²) >= 11 is 0. The normalized spacial score (nSPS) is 11.8. The zero-order valence-electron chi connectivity index (χ0n) is 12.5. The van der Waals surface area contributed by atoms with Gasteiger partial charge in [0.15, 0.2) is 0 Å². The summed E-state index contributed by atoms with van der Waals surface area (Å²) < 4.78 is 24.4. The van der Waals surface area contributed by atoms with E-state index in [4.69, 9.17) is 0 Å². The SMILES string of the molecule is Cc1cc2ncnc(NCCCNS(C)(=O)=O)c2cc1C. The number of nitrogens with one attached hydrogen (secondary N) is 2. The van der Waals surface area contributed by atoms with Crippen molar-refractivity contribution in [3.05, 3.63) is 29.6 Å². The van der Waals surface area contributed by atoms with Gasteiger partial charge in [-0.1, -0.05) is 0 Å². The Morgan fingerprint density at radius 1 is 1.10 bits per heavy atom. The second kappa shape index (κ2) is 6.36. The summed E-state index contributed by atoms with van der Waals surface area (Å²) in [4.78, 5) is 8.54. The molecule has 0 aliphatic heterocycles. The molecular weight excluding hydrogens is 288 g/mol. The summed E-state index contributed by atoms with van der Waals surface area (Å²) in [6.07, 6.45) is 3.38. The van der Waals surface area contributed by atoms with Crippen LogP contribution in [0.15, 0.2) is 18.5 Å². The van der Waals surface area contributed by atoms with Gasteiger partial charge in [0.25, 0.3) is 0 Å². The molecule has 114 valence electrons.